The predicted molar refractivity (Wildman–Crippen MR) is 66.7 cm³/mol. The quantitative estimate of drug-likeness (QED) is 0.753. The molecule has 2 unspecified atom stereocenters. The van der Waals surface area contributed by atoms with Gasteiger partial charge in [0.15, 0.2) is 0 Å². The molecule has 0 N–H and O–H groups in total. The third-order valence-corrected chi connectivity index (χ3v) is 4.75. The smallest absolute Gasteiger partial charge is 0.137 e. The first-order chi connectivity index (χ1) is 7.70. The molecule has 0 bridgehead atoms. The van der Waals surface area contributed by atoms with Crippen molar-refractivity contribution in [3.05, 3.63) is 0 Å². The van der Waals surface area contributed by atoms with Crippen LogP contribution in [0.1, 0.15) is 51.4 Å². The molecule has 2 aliphatic rings. The molecule has 2 saturated carbocycles. The molecule has 0 saturated heterocycles. The summed E-state index contributed by atoms with van der Waals surface area (Å²) in [7, 11) is 0. The van der Waals surface area contributed by atoms with E-state index >= 15 is 0 Å². The van der Waals surface area contributed by atoms with Gasteiger partial charge >= 0.3 is 0 Å². The Morgan fingerprint density at radius 2 is 1.31 bits per heavy atom. The summed E-state index contributed by atoms with van der Waals surface area (Å²) in [6.45, 7) is 0. The van der Waals surface area contributed by atoms with Crippen molar-refractivity contribution in [1.29, 1.82) is 0 Å². The van der Waals surface area contributed by atoms with Gasteiger partial charge in [-0.15, -0.1) is 0 Å². The Hall–Kier alpha value is -0.310. The van der Waals surface area contributed by atoms with Gasteiger partial charge in [0, 0.05) is 29.9 Å². The lowest BCUT2D eigenvalue weighted by Crippen LogP contribution is -2.37. The summed E-state index contributed by atoms with van der Waals surface area (Å²) in [5, 5.41) is -0.0133. The standard InChI is InChI=1S/C13H20O2S/c14-11-7-3-1-5-9(11)13(16)10-6-2-4-8-12(10)15/h9-10,13,16H,1-8H2. The second-order valence-electron chi connectivity index (χ2n) is 5.13. The second kappa shape index (κ2) is 5.35. The second-order valence-corrected chi connectivity index (χ2v) is 5.72. The molecule has 0 aliphatic heterocycles. The summed E-state index contributed by atoms with van der Waals surface area (Å²) in [5.41, 5.74) is 0. The van der Waals surface area contributed by atoms with E-state index in [1.54, 1.807) is 0 Å². The van der Waals surface area contributed by atoms with E-state index in [1.807, 2.05) is 0 Å². The topological polar surface area (TPSA) is 34.1 Å². The van der Waals surface area contributed by atoms with Crippen LogP contribution in [0.25, 0.3) is 0 Å². The molecular weight excluding hydrogens is 220 g/mol. The maximum Gasteiger partial charge on any atom is 0.137 e. The van der Waals surface area contributed by atoms with Gasteiger partial charge in [0.1, 0.15) is 11.6 Å². The third kappa shape index (κ3) is 2.50. The van der Waals surface area contributed by atoms with Crippen molar-refractivity contribution in [3.63, 3.8) is 0 Å². The lowest BCUT2D eigenvalue weighted by molar-refractivity contribution is -0.127. The number of carbonyl (C=O) groups excluding carboxylic acids is 2. The minimum Gasteiger partial charge on any atom is -0.299 e. The average Bonchev–Trinajstić information content (AvgIpc) is 2.29. The van der Waals surface area contributed by atoms with E-state index < -0.39 is 0 Å². The monoisotopic (exact) mass is 240 g/mol. The highest BCUT2D eigenvalue weighted by molar-refractivity contribution is 7.81. The maximum absolute atomic E-state index is 11.8. The number of hydrogen-bond donors (Lipinski definition) is 1. The first kappa shape index (κ1) is 12.2. The van der Waals surface area contributed by atoms with Gasteiger partial charge in [-0.3, -0.25) is 9.59 Å². The summed E-state index contributed by atoms with van der Waals surface area (Å²) in [6.07, 6.45) is 7.56. The molecule has 90 valence electrons. The molecule has 0 aromatic heterocycles. The van der Waals surface area contributed by atoms with Crippen molar-refractivity contribution in [2.45, 2.75) is 56.6 Å². The summed E-state index contributed by atoms with van der Waals surface area (Å²) >= 11 is 4.59. The van der Waals surface area contributed by atoms with Crippen LogP contribution in [0, 0.1) is 11.8 Å². The Kier molecular flexibility index (Phi) is 4.06. The largest absolute Gasteiger partial charge is 0.299 e. The lowest BCUT2D eigenvalue weighted by atomic mass is 9.76. The summed E-state index contributed by atoms with van der Waals surface area (Å²) in [4.78, 5) is 23.6. The van der Waals surface area contributed by atoms with Crippen LogP contribution in [0.5, 0.6) is 0 Å². The molecule has 0 amide bonds. The number of Topliss-reactive ketones (excluding diaryl/α,β-unsaturated/α-hetero) is 2. The normalized spacial score (nSPS) is 33.8. The Morgan fingerprint density at radius 3 is 1.69 bits per heavy atom. The van der Waals surface area contributed by atoms with Crippen LogP contribution < -0.4 is 0 Å². The van der Waals surface area contributed by atoms with Crippen molar-refractivity contribution in [3.8, 4) is 0 Å². The van der Waals surface area contributed by atoms with Crippen LogP contribution in [0.15, 0.2) is 0 Å². The van der Waals surface area contributed by atoms with Crippen molar-refractivity contribution >= 4 is 24.2 Å². The Morgan fingerprint density at radius 1 is 0.875 bits per heavy atom. The van der Waals surface area contributed by atoms with Crippen molar-refractivity contribution in [2.24, 2.45) is 11.8 Å². The van der Waals surface area contributed by atoms with Crippen LogP contribution in [0.3, 0.4) is 0 Å². The van der Waals surface area contributed by atoms with Gasteiger partial charge < -0.3 is 0 Å². The number of hydrogen-bond acceptors (Lipinski definition) is 3. The van der Waals surface area contributed by atoms with E-state index in [0.717, 1.165) is 38.5 Å². The first-order valence-corrected chi connectivity index (χ1v) is 6.95. The highest BCUT2D eigenvalue weighted by Gasteiger charge is 2.36. The van der Waals surface area contributed by atoms with Gasteiger partial charge in [-0.2, -0.15) is 12.6 Å². The number of rotatable bonds is 2. The molecule has 2 fully saturated rings. The van der Waals surface area contributed by atoms with Crippen LogP contribution >= 0.6 is 12.6 Å². The van der Waals surface area contributed by atoms with Crippen LogP contribution in [-0.4, -0.2) is 16.8 Å². The van der Waals surface area contributed by atoms with Gasteiger partial charge in [0.25, 0.3) is 0 Å². The fraction of sp³-hybridized carbons (Fsp3) is 0.846. The minimum atomic E-state index is -0.0133. The van der Waals surface area contributed by atoms with Crippen molar-refractivity contribution < 1.29 is 9.59 Å². The zero-order valence-corrected chi connectivity index (χ0v) is 10.5. The van der Waals surface area contributed by atoms with Crippen molar-refractivity contribution in [2.75, 3.05) is 0 Å². The molecule has 3 heteroatoms. The van der Waals surface area contributed by atoms with Crippen LogP contribution in [0.2, 0.25) is 0 Å². The number of carbonyl (C=O) groups is 2. The molecule has 0 spiro atoms. The molecule has 16 heavy (non-hydrogen) atoms. The zero-order chi connectivity index (χ0) is 11.5. The molecule has 0 radical (unpaired) electrons. The Balaban J connectivity index is 2.01. The first-order valence-electron chi connectivity index (χ1n) is 6.43. The van der Waals surface area contributed by atoms with Gasteiger partial charge in [-0.25, -0.2) is 0 Å². The van der Waals surface area contributed by atoms with E-state index in [9.17, 15) is 9.59 Å². The number of thiol groups is 1. The lowest BCUT2D eigenvalue weighted by Gasteiger charge is -2.32. The summed E-state index contributed by atoms with van der Waals surface area (Å²) < 4.78 is 0. The summed E-state index contributed by atoms with van der Waals surface area (Å²) in [5.74, 6) is 0.766. The number of ketones is 2. The zero-order valence-electron chi connectivity index (χ0n) is 9.65. The molecule has 2 rings (SSSR count). The molecule has 2 aliphatic carbocycles. The van der Waals surface area contributed by atoms with Gasteiger partial charge in [-0.1, -0.05) is 12.8 Å². The fourth-order valence-corrected chi connectivity index (χ4v) is 3.65. The molecule has 0 heterocycles. The van der Waals surface area contributed by atoms with E-state index in [1.165, 1.54) is 0 Å². The van der Waals surface area contributed by atoms with Crippen LogP contribution in [-0.2, 0) is 9.59 Å². The molecule has 2 atom stereocenters. The molecular formula is C13H20O2S. The van der Waals surface area contributed by atoms with Crippen LogP contribution in [0.4, 0.5) is 0 Å². The van der Waals surface area contributed by atoms with E-state index in [-0.39, 0.29) is 17.1 Å². The SMILES string of the molecule is O=C1CCCCC1C(S)C1CCCCC1=O. The average molecular weight is 240 g/mol. The molecule has 0 aromatic carbocycles. The summed E-state index contributed by atoms with van der Waals surface area (Å²) in [6, 6.07) is 0. The highest BCUT2D eigenvalue weighted by Crippen LogP contribution is 2.35. The van der Waals surface area contributed by atoms with E-state index in [4.69, 9.17) is 0 Å². The minimum absolute atomic E-state index is 0.0133. The highest BCUT2D eigenvalue weighted by atomic mass is 32.1. The fourth-order valence-electron chi connectivity index (χ4n) is 3.02. The Labute approximate surface area is 103 Å². The van der Waals surface area contributed by atoms with E-state index in [0.29, 0.717) is 24.4 Å². The molecule has 2 nitrogen and oxygen atoms in total. The van der Waals surface area contributed by atoms with Gasteiger partial charge in [0.2, 0.25) is 0 Å². The van der Waals surface area contributed by atoms with Gasteiger partial charge in [0.05, 0.1) is 0 Å². The molecule has 0 aromatic rings. The van der Waals surface area contributed by atoms with Gasteiger partial charge in [-0.05, 0) is 25.7 Å². The van der Waals surface area contributed by atoms with Crippen molar-refractivity contribution in [1.82, 2.24) is 0 Å². The predicted octanol–water partition coefficient (Wildman–Crippen LogP) is 2.80. The Bertz CT molecular complexity index is 260. The maximum atomic E-state index is 11.8. The van der Waals surface area contributed by atoms with E-state index in [2.05, 4.69) is 12.6 Å². The third-order valence-electron chi connectivity index (χ3n) is 4.03.